The number of rotatable bonds is 8. The van der Waals surface area contributed by atoms with Gasteiger partial charge in [0.15, 0.2) is 16.6 Å². The number of carboxylic acid groups (broad SMARTS) is 1. The molecule has 37 heavy (non-hydrogen) atoms. The summed E-state index contributed by atoms with van der Waals surface area (Å²) in [6.45, 7) is 2.06. The van der Waals surface area contributed by atoms with Gasteiger partial charge in [-0.3, -0.25) is 19.8 Å². The molecule has 0 bridgehead atoms. The lowest BCUT2D eigenvalue weighted by Gasteiger charge is -2.29. The predicted octanol–water partition coefficient (Wildman–Crippen LogP) is 5.09. The molecule has 0 aliphatic carbocycles. The van der Waals surface area contributed by atoms with Crippen LogP contribution in [-0.2, 0) is 16.2 Å². The third-order valence-electron chi connectivity index (χ3n) is 5.09. The summed E-state index contributed by atoms with van der Waals surface area (Å²) in [5, 5.41) is 11.7. The zero-order valence-electron chi connectivity index (χ0n) is 19.1. The number of hydrogen-bond donors (Lipinski definition) is 2. The van der Waals surface area contributed by atoms with Crippen molar-refractivity contribution in [3.63, 3.8) is 0 Å². The van der Waals surface area contributed by atoms with E-state index in [1.54, 1.807) is 43.3 Å². The molecule has 2 N–H and O–H groups in total. The Bertz CT molecular complexity index is 1450. The van der Waals surface area contributed by atoms with Gasteiger partial charge in [-0.25, -0.2) is 4.79 Å². The largest absolute Gasteiger partial charge is 0.490 e. The highest BCUT2D eigenvalue weighted by atomic mass is 35.5. The zero-order valence-corrected chi connectivity index (χ0v) is 21.4. The van der Waals surface area contributed by atoms with Crippen molar-refractivity contribution in [2.24, 2.45) is 0 Å². The Morgan fingerprint density at radius 3 is 2.62 bits per heavy atom. The van der Waals surface area contributed by atoms with Gasteiger partial charge in [0.2, 0.25) is 5.76 Å². The number of nitrogens with one attached hydrogen (secondary N) is 1. The molecule has 0 spiro atoms. The molecule has 1 aliphatic heterocycles. The number of amides is 2. The Kier molecular flexibility index (Phi) is 7.82. The lowest BCUT2D eigenvalue weighted by atomic mass is 10.1. The summed E-state index contributed by atoms with van der Waals surface area (Å²) in [6, 6.07) is 12.4. The van der Waals surface area contributed by atoms with Gasteiger partial charge in [-0.15, -0.1) is 0 Å². The first-order chi connectivity index (χ1) is 17.7. The van der Waals surface area contributed by atoms with E-state index in [0.717, 1.165) is 4.90 Å². The Balaban J connectivity index is 1.61. The molecule has 0 saturated carbocycles. The van der Waals surface area contributed by atoms with Gasteiger partial charge < -0.3 is 19.0 Å². The molecule has 1 aromatic heterocycles. The van der Waals surface area contributed by atoms with E-state index in [2.05, 4.69) is 5.32 Å². The van der Waals surface area contributed by atoms with E-state index in [0.29, 0.717) is 29.4 Å². The van der Waals surface area contributed by atoms with Gasteiger partial charge in [0.1, 0.15) is 17.9 Å². The number of ether oxygens (including phenoxy) is 2. The second kappa shape index (κ2) is 11.0. The minimum absolute atomic E-state index is 0.0402. The normalized spacial score (nSPS) is 14.6. The van der Waals surface area contributed by atoms with Crippen molar-refractivity contribution in [3.8, 4) is 11.5 Å². The fourth-order valence-electron chi connectivity index (χ4n) is 3.43. The second-order valence-electron chi connectivity index (χ2n) is 7.53. The maximum Gasteiger partial charge on any atom is 0.371 e. The average molecular weight is 561 g/mol. The summed E-state index contributed by atoms with van der Waals surface area (Å²) in [6.07, 6.45) is 1.39. The van der Waals surface area contributed by atoms with E-state index in [9.17, 15) is 14.4 Å². The van der Waals surface area contributed by atoms with Crippen molar-refractivity contribution >= 4 is 70.1 Å². The third kappa shape index (κ3) is 5.61. The van der Waals surface area contributed by atoms with Crippen LogP contribution in [0.4, 0.5) is 5.69 Å². The van der Waals surface area contributed by atoms with Gasteiger partial charge in [0, 0.05) is 0 Å². The molecule has 0 atom stereocenters. The van der Waals surface area contributed by atoms with Crippen molar-refractivity contribution < 1.29 is 33.4 Å². The van der Waals surface area contributed by atoms with Gasteiger partial charge in [-0.05, 0) is 67.2 Å². The lowest BCUT2D eigenvalue weighted by Crippen LogP contribution is -2.54. The van der Waals surface area contributed by atoms with E-state index < -0.39 is 17.8 Å². The van der Waals surface area contributed by atoms with Crippen LogP contribution in [0.5, 0.6) is 11.5 Å². The smallest absolute Gasteiger partial charge is 0.371 e. The number of furan rings is 1. The summed E-state index contributed by atoms with van der Waals surface area (Å²) in [5.41, 5.74) is 0.528. The van der Waals surface area contributed by atoms with E-state index in [4.69, 9.17) is 54.4 Å². The molecule has 2 heterocycles. The molecule has 1 fully saturated rings. The summed E-state index contributed by atoms with van der Waals surface area (Å²) < 4.78 is 16.6. The topological polar surface area (TPSA) is 118 Å². The van der Waals surface area contributed by atoms with Gasteiger partial charge >= 0.3 is 5.97 Å². The molecule has 2 amide bonds. The number of anilines is 1. The van der Waals surface area contributed by atoms with Crippen molar-refractivity contribution in [2.45, 2.75) is 13.5 Å². The Hall–Kier alpha value is -3.86. The van der Waals surface area contributed by atoms with Crippen molar-refractivity contribution in [1.82, 2.24) is 5.32 Å². The van der Waals surface area contributed by atoms with Crippen LogP contribution in [0.3, 0.4) is 0 Å². The van der Waals surface area contributed by atoms with E-state index in [1.807, 2.05) is 0 Å². The molecule has 1 saturated heterocycles. The highest BCUT2D eigenvalue weighted by Crippen LogP contribution is 2.35. The fraction of sp³-hybridized carbons (Fsp3) is 0.120. The number of hydrogen-bond acceptors (Lipinski definition) is 7. The summed E-state index contributed by atoms with van der Waals surface area (Å²) in [4.78, 5) is 38.0. The van der Waals surface area contributed by atoms with Gasteiger partial charge in [-0.1, -0.05) is 35.3 Å². The molecular formula is C25H18Cl2N2O7S. The van der Waals surface area contributed by atoms with E-state index in [1.165, 1.54) is 18.2 Å². The average Bonchev–Trinajstić information content (AvgIpc) is 3.33. The first kappa shape index (κ1) is 26.2. The molecule has 190 valence electrons. The molecule has 1 aliphatic rings. The summed E-state index contributed by atoms with van der Waals surface area (Å²) in [7, 11) is 0. The summed E-state index contributed by atoms with van der Waals surface area (Å²) >= 11 is 17.6. The maximum absolute atomic E-state index is 13.3. The Morgan fingerprint density at radius 2 is 1.92 bits per heavy atom. The van der Waals surface area contributed by atoms with Crippen LogP contribution < -0.4 is 19.7 Å². The maximum atomic E-state index is 13.3. The van der Waals surface area contributed by atoms with Gasteiger partial charge in [0.25, 0.3) is 11.8 Å². The van der Waals surface area contributed by atoms with Crippen LogP contribution in [0, 0.1) is 0 Å². The van der Waals surface area contributed by atoms with Crippen molar-refractivity contribution in [1.29, 1.82) is 0 Å². The second-order valence-corrected chi connectivity index (χ2v) is 8.70. The number of thiocarbonyl (C=S) groups is 1. The predicted molar refractivity (Wildman–Crippen MR) is 140 cm³/mol. The van der Waals surface area contributed by atoms with E-state index >= 15 is 0 Å². The first-order valence-electron chi connectivity index (χ1n) is 10.8. The first-order valence-corrected chi connectivity index (χ1v) is 11.9. The Morgan fingerprint density at radius 1 is 1.14 bits per heavy atom. The number of carboxylic acids is 1. The zero-order chi connectivity index (χ0) is 26.7. The number of carbonyl (C=O) groups excluding carboxylic acids is 2. The van der Waals surface area contributed by atoms with Crippen LogP contribution in [0.1, 0.15) is 28.8 Å². The molecule has 0 radical (unpaired) electrons. The van der Waals surface area contributed by atoms with Crippen LogP contribution in [0.2, 0.25) is 10.0 Å². The van der Waals surface area contributed by atoms with Crippen LogP contribution >= 0.6 is 35.4 Å². The highest BCUT2D eigenvalue weighted by molar-refractivity contribution is 7.80. The third-order valence-corrected chi connectivity index (χ3v) is 6.19. The molecular weight excluding hydrogens is 543 g/mol. The van der Waals surface area contributed by atoms with Crippen molar-refractivity contribution in [3.05, 3.63) is 81.2 Å². The molecule has 2 aromatic carbocycles. The standard InChI is InChI=1S/C25H18Cl2N2O7S/c1-2-34-20-11-13(6-8-18(20)35-12-14-7-9-19(36-14)24(32)33)10-15-22(30)28-25(37)29(23(15)31)17-5-3-4-16(26)21(17)27/h3-11H,2,12H2,1H3,(H,32,33)(H,28,30,37). The minimum atomic E-state index is -1.18. The number of carbonyl (C=O) groups is 3. The van der Waals surface area contributed by atoms with Crippen molar-refractivity contribution in [2.75, 3.05) is 11.5 Å². The molecule has 0 unspecified atom stereocenters. The molecule has 3 aromatic rings. The van der Waals surface area contributed by atoms with E-state index in [-0.39, 0.29) is 38.8 Å². The van der Waals surface area contributed by atoms with Gasteiger partial charge in [-0.2, -0.15) is 0 Å². The quantitative estimate of drug-likeness (QED) is 0.222. The number of nitrogens with zero attached hydrogens (tertiary/aromatic N) is 1. The van der Waals surface area contributed by atoms with Crippen LogP contribution in [0.15, 0.2) is 58.5 Å². The monoisotopic (exact) mass is 560 g/mol. The highest BCUT2D eigenvalue weighted by Gasteiger charge is 2.35. The SMILES string of the molecule is CCOc1cc(C=C2C(=O)NC(=S)N(c3cccc(Cl)c3Cl)C2=O)ccc1OCc1ccc(C(=O)O)o1. The van der Waals surface area contributed by atoms with Gasteiger partial charge in [0.05, 0.1) is 22.3 Å². The lowest BCUT2D eigenvalue weighted by molar-refractivity contribution is -0.122. The minimum Gasteiger partial charge on any atom is -0.490 e. The number of halogens is 2. The molecule has 9 nitrogen and oxygen atoms in total. The Labute approximate surface area is 226 Å². The number of benzene rings is 2. The summed E-state index contributed by atoms with van der Waals surface area (Å²) in [5.74, 6) is -1.73. The number of aromatic carboxylic acids is 1. The fourth-order valence-corrected chi connectivity index (χ4v) is 4.08. The molecule has 4 rings (SSSR count). The van der Waals surface area contributed by atoms with Crippen LogP contribution in [0.25, 0.3) is 6.08 Å². The van der Waals surface area contributed by atoms with Crippen LogP contribution in [-0.4, -0.2) is 34.6 Å². The molecule has 12 heteroatoms.